The van der Waals surface area contributed by atoms with E-state index in [4.69, 9.17) is 0 Å². The van der Waals surface area contributed by atoms with E-state index >= 15 is 0 Å². The molecule has 3 aromatic rings. The molecule has 2 aromatic carbocycles. The number of allylic oxidation sites excluding steroid dienone is 1. The summed E-state index contributed by atoms with van der Waals surface area (Å²) in [7, 11) is 0. The zero-order valence-corrected chi connectivity index (χ0v) is 16.3. The van der Waals surface area contributed by atoms with Crippen LogP contribution < -0.4 is 10.7 Å². The fourth-order valence-corrected chi connectivity index (χ4v) is 3.03. The van der Waals surface area contributed by atoms with Gasteiger partial charge in [-0.25, -0.2) is 5.43 Å². The molecule has 0 saturated carbocycles. The van der Waals surface area contributed by atoms with Gasteiger partial charge in [-0.15, -0.1) is 11.3 Å². The normalized spacial score (nSPS) is 11.7. The molecular weight excluding hydrogens is 382 g/mol. The van der Waals surface area contributed by atoms with E-state index in [9.17, 15) is 9.59 Å². The third kappa shape index (κ3) is 6.41. The smallest absolute Gasteiger partial charge is 0.287 e. The van der Waals surface area contributed by atoms with E-state index in [1.807, 2.05) is 60.0 Å². The van der Waals surface area contributed by atoms with E-state index in [-0.39, 0.29) is 11.6 Å². The van der Waals surface area contributed by atoms with Crippen LogP contribution in [0.25, 0.3) is 12.2 Å². The highest BCUT2D eigenvalue weighted by Gasteiger charge is 2.14. The first-order chi connectivity index (χ1) is 14.2. The Labute approximate surface area is 173 Å². The number of hydrogen-bond acceptors (Lipinski definition) is 4. The van der Waals surface area contributed by atoms with E-state index in [0.29, 0.717) is 5.56 Å². The van der Waals surface area contributed by atoms with Gasteiger partial charge in [0.05, 0.1) is 0 Å². The summed E-state index contributed by atoms with van der Waals surface area (Å²) in [5.74, 6) is -0.872. The van der Waals surface area contributed by atoms with Crippen LogP contribution in [0.2, 0.25) is 0 Å². The Morgan fingerprint density at radius 2 is 1.62 bits per heavy atom. The van der Waals surface area contributed by atoms with Gasteiger partial charge >= 0.3 is 0 Å². The molecule has 0 atom stereocenters. The maximum absolute atomic E-state index is 12.5. The molecule has 0 aliphatic rings. The molecule has 2 amide bonds. The summed E-state index contributed by atoms with van der Waals surface area (Å²) >= 11 is 1.46. The lowest BCUT2D eigenvalue weighted by molar-refractivity contribution is -0.117. The molecule has 1 aromatic heterocycles. The lowest BCUT2D eigenvalue weighted by Crippen LogP contribution is -2.32. The molecule has 0 aliphatic heterocycles. The lowest BCUT2D eigenvalue weighted by atomic mass is 10.2. The summed E-state index contributed by atoms with van der Waals surface area (Å²) in [6.45, 7) is 0. The number of carbonyl (C=O) groups is 2. The third-order valence-electron chi connectivity index (χ3n) is 3.77. The third-order valence-corrected chi connectivity index (χ3v) is 4.59. The van der Waals surface area contributed by atoms with Gasteiger partial charge in [0.1, 0.15) is 5.70 Å². The molecule has 5 nitrogen and oxygen atoms in total. The fourth-order valence-electron chi connectivity index (χ4n) is 2.38. The van der Waals surface area contributed by atoms with Crippen molar-refractivity contribution in [2.75, 3.05) is 0 Å². The van der Waals surface area contributed by atoms with Crippen LogP contribution in [0.4, 0.5) is 0 Å². The number of carbonyl (C=O) groups excluding carboxylic acids is 2. The van der Waals surface area contributed by atoms with Crippen molar-refractivity contribution in [3.05, 3.63) is 106 Å². The van der Waals surface area contributed by atoms with Gasteiger partial charge in [-0.3, -0.25) is 9.59 Å². The van der Waals surface area contributed by atoms with Gasteiger partial charge in [0.25, 0.3) is 11.8 Å². The first-order valence-electron chi connectivity index (χ1n) is 8.89. The minimum Gasteiger partial charge on any atom is -0.317 e. The molecule has 0 unspecified atom stereocenters. The maximum atomic E-state index is 12.5. The SMILES string of the molecule is O=C(N/N=C/C=C/c1ccccc1)/C(=C/c1cccs1)NC(=O)c1ccccc1. The summed E-state index contributed by atoms with van der Waals surface area (Å²) in [5.41, 5.74) is 4.05. The highest BCUT2D eigenvalue weighted by Crippen LogP contribution is 2.13. The molecule has 0 aliphatic carbocycles. The fraction of sp³-hybridized carbons (Fsp3) is 0. The molecule has 0 fully saturated rings. The first-order valence-corrected chi connectivity index (χ1v) is 9.77. The van der Waals surface area contributed by atoms with E-state index in [2.05, 4.69) is 15.8 Å². The molecule has 3 rings (SSSR count). The molecule has 144 valence electrons. The number of amides is 2. The van der Waals surface area contributed by atoms with Gasteiger partial charge in [-0.1, -0.05) is 60.7 Å². The van der Waals surface area contributed by atoms with Crippen molar-refractivity contribution in [3.8, 4) is 0 Å². The van der Waals surface area contributed by atoms with E-state index < -0.39 is 5.91 Å². The van der Waals surface area contributed by atoms with Gasteiger partial charge in [-0.2, -0.15) is 5.10 Å². The molecule has 0 radical (unpaired) electrons. The van der Waals surface area contributed by atoms with Gasteiger partial charge in [-0.05, 0) is 41.3 Å². The van der Waals surface area contributed by atoms with Crippen molar-refractivity contribution >= 4 is 41.5 Å². The summed E-state index contributed by atoms with van der Waals surface area (Å²) < 4.78 is 0. The zero-order valence-electron chi connectivity index (χ0n) is 15.5. The first kappa shape index (κ1) is 20.0. The van der Waals surface area contributed by atoms with Crippen LogP contribution in [0.15, 0.2) is 95.1 Å². The standard InChI is InChI=1S/C23H19N3O2S/c27-22(19-12-5-2-6-13-19)25-21(17-20-14-8-16-29-20)23(28)26-24-15-7-11-18-9-3-1-4-10-18/h1-17H,(H,25,27)(H,26,28)/b11-7+,21-17-,24-15+. The van der Waals surface area contributed by atoms with Crippen molar-refractivity contribution < 1.29 is 9.59 Å². The minimum atomic E-state index is -0.507. The molecule has 1 heterocycles. The Morgan fingerprint density at radius 1 is 0.897 bits per heavy atom. The quantitative estimate of drug-likeness (QED) is 0.351. The summed E-state index contributed by atoms with van der Waals surface area (Å²) in [6, 6.07) is 22.2. The molecule has 0 spiro atoms. The van der Waals surface area contributed by atoms with Crippen LogP contribution in [-0.4, -0.2) is 18.0 Å². The lowest BCUT2D eigenvalue weighted by Gasteiger charge is -2.08. The van der Waals surface area contributed by atoms with E-state index in [0.717, 1.165) is 10.4 Å². The molecular formula is C23H19N3O2S. The highest BCUT2D eigenvalue weighted by atomic mass is 32.1. The van der Waals surface area contributed by atoms with E-state index in [1.165, 1.54) is 17.6 Å². The van der Waals surface area contributed by atoms with Crippen LogP contribution >= 0.6 is 11.3 Å². The van der Waals surface area contributed by atoms with Crippen LogP contribution in [0.5, 0.6) is 0 Å². The summed E-state index contributed by atoms with van der Waals surface area (Å²) in [4.78, 5) is 25.8. The maximum Gasteiger partial charge on any atom is 0.287 e. The topological polar surface area (TPSA) is 70.6 Å². The number of nitrogens with zero attached hydrogens (tertiary/aromatic N) is 1. The average molecular weight is 401 g/mol. The van der Waals surface area contributed by atoms with Crippen LogP contribution in [0.1, 0.15) is 20.8 Å². The molecule has 2 N–H and O–H groups in total. The molecule has 6 heteroatoms. The van der Waals surface area contributed by atoms with Gasteiger partial charge < -0.3 is 5.32 Å². The van der Waals surface area contributed by atoms with Crippen molar-refractivity contribution in [2.45, 2.75) is 0 Å². The van der Waals surface area contributed by atoms with Gasteiger partial charge in [0, 0.05) is 16.7 Å². The number of hydrogen-bond donors (Lipinski definition) is 2. The number of benzene rings is 2. The largest absolute Gasteiger partial charge is 0.317 e. The monoisotopic (exact) mass is 401 g/mol. The summed E-state index contributed by atoms with van der Waals surface area (Å²) in [5, 5.41) is 8.48. The summed E-state index contributed by atoms with van der Waals surface area (Å²) in [6.07, 6.45) is 6.69. The Hall–Kier alpha value is -3.77. The van der Waals surface area contributed by atoms with Crippen molar-refractivity contribution in [3.63, 3.8) is 0 Å². The average Bonchev–Trinajstić information content (AvgIpc) is 3.27. The number of hydrazone groups is 1. The van der Waals surface area contributed by atoms with E-state index in [1.54, 1.807) is 36.4 Å². The number of nitrogens with one attached hydrogen (secondary N) is 2. The molecule has 29 heavy (non-hydrogen) atoms. The Morgan fingerprint density at radius 3 is 2.31 bits per heavy atom. The Bertz CT molecular complexity index is 1020. The van der Waals surface area contributed by atoms with Gasteiger partial charge in [0.15, 0.2) is 0 Å². The van der Waals surface area contributed by atoms with Crippen molar-refractivity contribution in [1.29, 1.82) is 0 Å². The number of rotatable bonds is 7. The predicted octanol–water partition coefficient (Wildman–Crippen LogP) is 4.33. The zero-order chi connectivity index (χ0) is 20.3. The van der Waals surface area contributed by atoms with Gasteiger partial charge in [0.2, 0.25) is 0 Å². The van der Waals surface area contributed by atoms with Crippen LogP contribution in [-0.2, 0) is 4.79 Å². The van der Waals surface area contributed by atoms with Crippen LogP contribution in [0.3, 0.4) is 0 Å². The molecule has 0 saturated heterocycles. The van der Waals surface area contributed by atoms with Crippen molar-refractivity contribution in [2.24, 2.45) is 5.10 Å². The second-order valence-corrected chi connectivity index (χ2v) is 6.86. The molecule has 0 bridgehead atoms. The second-order valence-electron chi connectivity index (χ2n) is 5.88. The highest BCUT2D eigenvalue weighted by molar-refractivity contribution is 7.10. The van der Waals surface area contributed by atoms with Crippen molar-refractivity contribution in [1.82, 2.24) is 10.7 Å². The predicted molar refractivity (Wildman–Crippen MR) is 118 cm³/mol. The second kappa shape index (κ2) is 10.5. The minimum absolute atomic E-state index is 0.116. The van der Waals surface area contributed by atoms with Crippen LogP contribution in [0, 0.1) is 0 Å². The Kier molecular flexibility index (Phi) is 7.26. The Balaban J connectivity index is 1.67. The number of thiophene rings is 1.